The van der Waals surface area contributed by atoms with Gasteiger partial charge in [-0.3, -0.25) is 0 Å². The van der Waals surface area contributed by atoms with Gasteiger partial charge in [-0.2, -0.15) is 0 Å². The summed E-state index contributed by atoms with van der Waals surface area (Å²) in [6.45, 7) is 3.24. The molecule has 1 aromatic carbocycles. The maximum Gasteiger partial charge on any atom is 0.119 e. The molecule has 3 heteroatoms. The van der Waals surface area contributed by atoms with Gasteiger partial charge in [0.15, 0.2) is 0 Å². The second-order valence-corrected chi connectivity index (χ2v) is 5.94. The van der Waals surface area contributed by atoms with Gasteiger partial charge in [-0.25, -0.2) is 0 Å². The number of piperidine rings is 1. The van der Waals surface area contributed by atoms with E-state index in [-0.39, 0.29) is 0 Å². The van der Waals surface area contributed by atoms with Gasteiger partial charge in [0.2, 0.25) is 0 Å². The standard InChI is InChI=1S/C16H23NO2/c1-18-14-4-2-3-13(9-14)10-15-11-16(12-19-15)5-7-17-8-6-16/h2-4,9,15,17H,5-8,10-12H2,1H3/t15-/m0/s1. The average molecular weight is 261 g/mol. The molecule has 1 atom stereocenters. The molecule has 2 fully saturated rings. The minimum atomic E-state index is 0.380. The number of hydrogen-bond acceptors (Lipinski definition) is 3. The van der Waals surface area contributed by atoms with Crippen LogP contribution in [0.4, 0.5) is 0 Å². The van der Waals surface area contributed by atoms with Crippen LogP contribution in [0.15, 0.2) is 24.3 Å². The molecule has 104 valence electrons. The molecule has 0 bridgehead atoms. The van der Waals surface area contributed by atoms with E-state index in [0.717, 1.165) is 31.9 Å². The van der Waals surface area contributed by atoms with Crippen molar-refractivity contribution in [3.63, 3.8) is 0 Å². The van der Waals surface area contributed by atoms with Gasteiger partial charge < -0.3 is 14.8 Å². The summed E-state index contributed by atoms with van der Waals surface area (Å²) in [5.41, 5.74) is 1.77. The summed E-state index contributed by atoms with van der Waals surface area (Å²) < 4.78 is 11.3. The van der Waals surface area contributed by atoms with Crippen molar-refractivity contribution in [3.05, 3.63) is 29.8 Å². The van der Waals surface area contributed by atoms with Gasteiger partial charge in [-0.1, -0.05) is 12.1 Å². The number of benzene rings is 1. The van der Waals surface area contributed by atoms with E-state index in [2.05, 4.69) is 23.5 Å². The van der Waals surface area contributed by atoms with E-state index >= 15 is 0 Å². The van der Waals surface area contributed by atoms with Crippen LogP contribution in [0.5, 0.6) is 5.75 Å². The minimum Gasteiger partial charge on any atom is -0.497 e. The monoisotopic (exact) mass is 261 g/mol. The predicted molar refractivity (Wildman–Crippen MR) is 75.6 cm³/mol. The molecule has 0 saturated carbocycles. The third-order valence-corrected chi connectivity index (χ3v) is 4.55. The average Bonchev–Trinajstić information content (AvgIpc) is 2.82. The molecule has 2 heterocycles. The van der Waals surface area contributed by atoms with E-state index in [1.165, 1.54) is 24.8 Å². The highest BCUT2D eigenvalue weighted by Crippen LogP contribution is 2.41. The topological polar surface area (TPSA) is 30.5 Å². The Hall–Kier alpha value is -1.06. The molecule has 2 aliphatic heterocycles. The first-order valence-electron chi connectivity index (χ1n) is 7.25. The van der Waals surface area contributed by atoms with Gasteiger partial charge in [-0.05, 0) is 61.9 Å². The van der Waals surface area contributed by atoms with E-state index in [9.17, 15) is 0 Å². The van der Waals surface area contributed by atoms with Crippen molar-refractivity contribution >= 4 is 0 Å². The molecular formula is C16H23NO2. The fourth-order valence-corrected chi connectivity index (χ4v) is 3.39. The highest BCUT2D eigenvalue weighted by atomic mass is 16.5. The van der Waals surface area contributed by atoms with Crippen LogP contribution in [0, 0.1) is 5.41 Å². The van der Waals surface area contributed by atoms with Gasteiger partial charge in [0, 0.05) is 0 Å². The Morgan fingerprint density at radius 2 is 2.21 bits per heavy atom. The molecule has 0 amide bonds. The molecule has 0 radical (unpaired) electrons. The van der Waals surface area contributed by atoms with Crippen LogP contribution in [0.2, 0.25) is 0 Å². The third-order valence-electron chi connectivity index (χ3n) is 4.55. The van der Waals surface area contributed by atoms with Crippen LogP contribution >= 0.6 is 0 Å². The zero-order valence-electron chi connectivity index (χ0n) is 11.7. The van der Waals surface area contributed by atoms with Crippen LogP contribution in [0.3, 0.4) is 0 Å². The lowest BCUT2D eigenvalue weighted by Gasteiger charge is -2.32. The van der Waals surface area contributed by atoms with Gasteiger partial charge >= 0.3 is 0 Å². The molecule has 3 nitrogen and oxygen atoms in total. The number of rotatable bonds is 3. The molecule has 1 N–H and O–H groups in total. The second kappa shape index (κ2) is 5.51. The Morgan fingerprint density at radius 3 is 3.00 bits per heavy atom. The van der Waals surface area contributed by atoms with Crippen LogP contribution in [-0.2, 0) is 11.2 Å². The molecule has 0 aliphatic carbocycles. The molecule has 1 spiro atoms. The summed E-state index contributed by atoms with van der Waals surface area (Å²) in [5.74, 6) is 0.937. The van der Waals surface area contributed by atoms with Crippen molar-refractivity contribution in [2.24, 2.45) is 5.41 Å². The van der Waals surface area contributed by atoms with E-state index in [1.807, 2.05) is 6.07 Å². The van der Waals surface area contributed by atoms with Gasteiger partial charge in [0.1, 0.15) is 5.75 Å². The highest BCUT2D eigenvalue weighted by molar-refractivity contribution is 5.29. The van der Waals surface area contributed by atoms with E-state index in [4.69, 9.17) is 9.47 Å². The SMILES string of the molecule is COc1cccc(C[C@H]2CC3(CCNCC3)CO2)c1. The van der Waals surface area contributed by atoms with Crippen LogP contribution < -0.4 is 10.1 Å². The van der Waals surface area contributed by atoms with E-state index < -0.39 is 0 Å². The molecule has 1 aromatic rings. The maximum absolute atomic E-state index is 6.06. The lowest BCUT2D eigenvalue weighted by atomic mass is 9.77. The predicted octanol–water partition coefficient (Wildman–Crippen LogP) is 2.40. The molecular weight excluding hydrogens is 238 g/mol. The van der Waals surface area contributed by atoms with Crippen molar-refractivity contribution < 1.29 is 9.47 Å². The highest BCUT2D eigenvalue weighted by Gasteiger charge is 2.40. The fourth-order valence-electron chi connectivity index (χ4n) is 3.39. The Balaban J connectivity index is 1.61. The van der Waals surface area contributed by atoms with Crippen LogP contribution in [0.25, 0.3) is 0 Å². The van der Waals surface area contributed by atoms with Gasteiger partial charge in [0.05, 0.1) is 19.8 Å². The number of methoxy groups -OCH3 is 1. The fraction of sp³-hybridized carbons (Fsp3) is 0.625. The Kier molecular flexibility index (Phi) is 3.76. The van der Waals surface area contributed by atoms with Crippen molar-refractivity contribution in [2.75, 3.05) is 26.8 Å². The number of ether oxygens (including phenoxy) is 2. The van der Waals surface area contributed by atoms with E-state index in [0.29, 0.717) is 11.5 Å². The first-order chi connectivity index (χ1) is 9.30. The van der Waals surface area contributed by atoms with Crippen LogP contribution in [-0.4, -0.2) is 32.9 Å². The summed E-state index contributed by atoms with van der Waals surface area (Å²) in [6.07, 6.45) is 5.13. The first-order valence-corrected chi connectivity index (χ1v) is 7.25. The lowest BCUT2D eigenvalue weighted by molar-refractivity contribution is 0.0867. The first kappa shape index (κ1) is 12.9. The molecule has 2 aliphatic rings. The van der Waals surface area contributed by atoms with Gasteiger partial charge in [-0.15, -0.1) is 0 Å². The lowest BCUT2D eigenvalue weighted by Crippen LogP contribution is -2.37. The Labute approximate surface area is 115 Å². The number of nitrogens with one attached hydrogen (secondary N) is 1. The van der Waals surface area contributed by atoms with Crippen molar-refractivity contribution in [1.82, 2.24) is 5.32 Å². The molecule has 0 unspecified atom stereocenters. The Morgan fingerprint density at radius 1 is 1.37 bits per heavy atom. The molecule has 19 heavy (non-hydrogen) atoms. The maximum atomic E-state index is 6.06. The molecule has 3 rings (SSSR count). The Bertz CT molecular complexity index is 427. The normalized spacial score (nSPS) is 25.6. The smallest absolute Gasteiger partial charge is 0.119 e. The summed E-state index contributed by atoms with van der Waals surface area (Å²) in [7, 11) is 1.72. The van der Waals surface area contributed by atoms with E-state index in [1.54, 1.807) is 7.11 Å². The minimum absolute atomic E-state index is 0.380. The molecule has 0 aromatic heterocycles. The largest absolute Gasteiger partial charge is 0.497 e. The van der Waals surface area contributed by atoms with Crippen molar-refractivity contribution in [3.8, 4) is 5.75 Å². The van der Waals surface area contributed by atoms with Gasteiger partial charge in [0.25, 0.3) is 0 Å². The molecule has 2 saturated heterocycles. The van der Waals surface area contributed by atoms with Crippen molar-refractivity contribution in [1.29, 1.82) is 0 Å². The number of hydrogen-bond donors (Lipinski definition) is 1. The zero-order chi connectivity index (χ0) is 13.1. The summed E-state index contributed by atoms with van der Waals surface area (Å²) in [6, 6.07) is 8.34. The van der Waals surface area contributed by atoms with Crippen molar-refractivity contribution in [2.45, 2.75) is 31.8 Å². The summed E-state index contributed by atoms with van der Waals surface area (Å²) >= 11 is 0. The third kappa shape index (κ3) is 2.93. The second-order valence-electron chi connectivity index (χ2n) is 5.94. The summed E-state index contributed by atoms with van der Waals surface area (Å²) in [4.78, 5) is 0. The zero-order valence-corrected chi connectivity index (χ0v) is 11.7. The summed E-state index contributed by atoms with van der Waals surface area (Å²) in [5, 5.41) is 3.44. The van der Waals surface area contributed by atoms with Crippen LogP contribution in [0.1, 0.15) is 24.8 Å². The quantitative estimate of drug-likeness (QED) is 0.906.